The van der Waals surface area contributed by atoms with Crippen molar-refractivity contribution in [1.82, 2.24) is 0 Å². The summed E-state index contributed by atoms with van der Waals surface area (Å²) in [4.78, 5) is 26.6. The fourth-order valence-corrected chi connectivity index (χ4v) is 5.46. The molecule has 1 aliphatic rings. The zero-order valence-corrected chi connectivity index (χ0v) is 23.8. The zero-order chi connectivity index (χ0) is 29.6. The number of methoxy groups -OCH3 is 3. The molecule has 8 heteroatoms. The number of hydrogen-bond acceptors (Lipinski definition) is 6. The monoisotopic (exact) mass is 567 g/mol. The highest BCUT2D eigenvalue weighted by Crippen LogP contribution is 2.44. The Hall–Kier alpha value is -4.98. The summed E-state index contributed by atoms with van der Waals surface area (Å²) in [6.45, 7) is 0.291. The number of anilines is 1. The number of nitrogens with zero attached hydrogens (tertiary/aromatic N) is 1. The SMILES string of the molecule is COc1ccc(N(Cc2cc(CCC(=O)O)c(OC)cc2OC)C(=O)OCC2c3ccccc3-c3ccccc32)cc1. The zero-order valence-electron chi connectivity index (χ0n) is 23.8. The van der Waals surface area contributed by atoms with E-state index in [-0.39, 0.29) is 31.9 Å². The Labute approximate surface area is 245 Å². The van der Waals surface area contributed by atoms with Crippen LogP contribution in [-0.4, -0.2) is 45.1 Å². The molecule has 42 heavy (non-hydrogen) atoms. The van der Waals surface area contributed by atoms with Crippen LogP contribution in [0.2, 0.25) is 0 Å². The minimum absolute atomic E-state index is 0.0588. The first kappa shape index (κ1) is 28.5. The summed E-state index contributed by atoms with van der Waals surface area (Å²) in [7, 11) is 4.65. The fourth-order valence-electron chi connectivity index (χ4n) is 5.46. The van der Waals surface area contributed by atoms with Gasteiger partial charge in [0.05, 0.1) is 27.9 Å². The van der Waals surface area contributed by atoms with Crippen LogP contribution in [0.4, 0.5) is 10.5 Å². The molecule has 216 valence electrons. The van der Waals surface area contributed by atoms with Gasteiger partial charge in [0, 0.05) is 29.7 Å². The fraction of sp³-hybridized carbons (Fsp3) is 0.235. The lowest BCUT2D eigenvalue weighted by atomic mass is 9.98. The van der Waals surface area contributed by atoms with Crippen LogP contribution in [0.25, 0.3) is 11.1 Å². The van der Waals surface area contributed by atoms with Crippen LogP contribution < -0.4 is 19.1 Å². The number of benzene rings is 4. The van der Waals surface area contributed by atoms with Crippen molar-refractivity contribution in [3.05, 3.63) is 107 Å². The first-order valence-corrected chi connectivity index (χ1v) is 13.7. The number of fused-ring (bicyclic) bond motifs is 3. The van der Waals surface area contributed by atoms with E-state index in [0.29, 0.717) is 34.1 Å². The average molecular weight is 568 g/mol. The number of ether oxygens (including phenoxy) is 4. The smallest absolute Gasteiger partial charge is 0.414 e. The van der Waals surface area contributed by atoms with E-state index >= 15 is 0 Å². The van der Waals surface area contributed by atoms with Crippen molar-refractivity contribution in [2.75, 3.05) is 32.8 Å². The first-order valence-electron chi connectivity index (χ1n) is 13.7. The predicted molar refractivity (Wildman–Crippen MR) is 160 cm³/mol. The molecule has 0 atom stereocenters. The minimum atomic E-state index is -0.909. The van der Waals surface area contributed by atoms with Crippen LogP contribution in [-0.2, 0) is 22.5 Å². The van der Waals surface area contributed by atoms with Crippen molar-refractivity contribution in [1.29, 1.82) is 0 Å². The quantitative estimate of drug-likeness (QED) is 0.216. The molecule has 1 N–H and O–H groups in total. The highest BCUT2D eigenvalue weighted by molar-refractivity contribution is 5.88. The van der Waals surface area contributed by atoms with Gasteiger partial charge in [-0.25, -0.2) is 4.79 Å². The van der Waals surface area contributed by atoms with Gasteiger partial charge in [-0.3, -0.25) is 9.69 Å². The highest BCUT2D eigenvalue weighted by Gasteiger charge is 2.30. The average Bonchev–Trinajstić information content (AvgIpc) is 3.34. The molecule has 0 heterocycles. The van der Waals surface area contributed by atoms with Gasteiger partial charge >= 0.3 is 12.1 Å². The summed E-state index contributed by atoms with van der Waals surface area (Å²) in [5.74, 6) is 0.694. The molecule has 0 aliphatic heterocycles. The first-order chi connectivity index (χ1) is 20.4. The van der Waals surface area contributed by atoms with Crippen molar-refractivity contribution in [3.63, 3.8) is 0 Å². The summed E-state index contributed by atoms with van der Waals surface area (Å²) in [6.07, 6.45) is -0.313. The van der Waals surface area contributed by atoms with Gasteiger partial charge in [-0.2, -0.15) is 0 Å². The Morgan fingerprint density at radius 3 is 1.93 bits per heavy atom. The maximum absolute atomic E-state index is 13.8. The number of carboxylic acid groups (broad SMARTS) is 1. The Balaban J connectivity index is 1.45. The van der Waals surface area contributed by atoms with E-state index in [2.05, 4.69) is 24.3 Å². The summed E-state index contributed by atoms with van der Waals surface area (Å²) in [5.41, 5.74) is 6.56. The molecule has 0 saturated carbocycles. The molecule has 0 saturated heterocycles. The van der Waals surface area contributed by atoms with Crippen LogP contribution in [0, 0.1) is 0 Å². The molecule has 4 aromatic carbocycles. The third-order valence-corrected chi connectivity index (χ3v) is 7.56. The largest absolute Gasteiger partial charge is 0.497 e. The topological polar surface area (TPSA) is 94.5 Å². The summed E-state index contributed by atoms with van der Waals surface area (Å²) in [6, 6.07) is 27.1. The lowest BCUT2D eigenvalue weighted by Gasteiger charge is -2.25. The molecule has 0 bridgehead atoms. The molecule has 0 spiro atoms. The van der Waals surface area contributed by atoms with Crippen LogP contribution in [0.3, 0.4) is 0 Å². The number of carboxylic acids is 1. The second-order valence-electron chi connectivity index (χ2n) is 9.96. The second kappa shape index (κ2) is 12.7. The molecule has 0 unspecified atom stereocenters. The number of rotatable bonds is 11. The van der Waals surface area contributed by atoms with Crippen molar-refractivity contribution < 1.29 is 33.6 Å². The van der Waals surface area contributed by atoms with Gasteiger partial charge in [-0.15, -0.1) is 0 Å². The van der Waals surface area contributed by atoms with E-state index in [1.165, 1.54) is 12.0 Å². The van der Waals surface area contributed by atoms with Crippen LogP contribution in [0.5, 0.6) is 17.2 Å². The number of aryl methyl sites for hydroxylation is 1. The molecule has 0 fully saturated rings. The molecule has 0 radical (unpaired) electrons. The predicted octanol–water partition coefficient (Wildman–Crippen LogP) is 6.69. The van der Waals surface area contributed by atoms with Crippen molar-refractivity contribution in [2.24, 2.45) is 0 Å². The van der Waals surface area contributed by atoms with E-state index in [0.717, 1.165) is 22.3 Å². The third kappa shape index (κ3) is 5.88. The maximum Gasteiger partial charge on any atom is 0.414 e. The number of carbonyl (C=O) groups is 2. The Kier molecular flexibility index (Phi) is 8.62. The molecular weight excluding hydrogens is 534 g/mol. The van der Waals surface area contributed by atoms with Gasteiger partial charge < -0.3 is 24.1 Å². The van der Waals surface area contributed by atoms with Crippen LogP contribution in [0.15, 0.2) is 84.9 Å². The normalized spacial score (nSPS) is 11.8. The van der Waals surface area contributed by atoms with E-state index < -0.39 is 12.1 Å². The second-order valence-corrected chi connectivity index (χ2v) is 9.96. The Morgan fingerprint density at radius 2 is 1.36 bits per heavy atom. The molecule has 5 rings (SSSR count). The number of hydrogen-bond donors (Lipinski definition) is 1. The number of aliphatic carboxylic acids is 1. The number of carbonyl (C=O) groups excluding carboxylic acids is 1. The Morgan fingerprint density at radius 1 is 0.762 bits per heavy atom. The third-order valence-electron chi connectivity index (χ3n) is 7.56. The summed E-state index contributed by atoms with van der Waals surface area (Å²) < 4.78 is 22.5. The van der Waals surface area contributed by atoms with Crippen molar-refractivity contribution in [2.45, 2.75) is 25.3 Å². The van der Waals surface area contributed by atoms with Gasteiger partial charge in [0.1, 0.15) is 23.9 Å². The van der Waals surface area contributed by atoms with Gasteiger partial charge in [0.2, 0.25) is 0 Å². The van der Waals surface area contributed by atoms with E-state index in [1.807, 2.05) is 30.3 Å². The molecule has 8 nitrogen and oxygen atoms in total. The molecule has 1 aliphatic carbocycles. The van der Waals surface area contributed by atoms with Gasteiger partial charge in [-0.05, 0) is 64.6 Å². The summed E-state index contributed by atoms with van der Waals surface area (Å²) in [5, 5.41) is 9.24. The van der Waals surface area contributed by atoms with Crippen LogP contribution >= 0.6 is 0 Å². The molecule has 0 aromatic heterocycles. The van der Waals surface area contributed by atoms with E-state index in [4.69, 9.17) is 18.9 Å². The number of amides is 1. The standard InChI is InChI=1S/C34H33NO7/c1-39-25-15-13-24(14-16-25)35(20-23-18-22(12-17-33(36)37)31(40-2)19-32(23)41-3)34(38)42-21-30-28-10-6-4-8-26(28)27-9-5-7-11-29(27)30/h4-11,13-16,18-19,30H,12,17,20-21H2,1-3H3,(H,36,37). The van der Waals surface area contributed by atoms with Crippen molar-refractivity contribution >= 4 is 17.7 Å². The maximum atomic E-state index is 13.8. The molecular formula is C34H33NO7. The van der Waals surface area contributed by atoms with Crippen molar-refractivity contribution in [3.8, 4) is 28.4 Å². The minimum Gasteiger partial charge on any atom is -0.497 e. The Bertz CT molecular complexity index is 1540. The van der Waals surface area contributed by atoms with Gasteiger partial charge in [0.25, 0.3) is 0 Å². The highest BCUT2D eigenvalue weighted by atomic mass is 16.6. The van der Waals surface area contributed by atoms with E-state index in [1.54, 1.807) is 44.6 Å². The molecule has 1 amide bonds. The van der Waals surface area contributed by atoms with Gasteiger partial charge in [-0.1, -0.05) is 48.5 Å². The van der Waals surface area contributed by atoms with Gasteiger partial charge in [0.15, 0.2) is 0 Å². The molecule has 4 aromatic rings. The van der Waals surface area contributed by atoms with Crippen LogP contribution in [0.1, 0.15) is 34.6 Å². The summed E-state index contributed by atoms with van der Waals surface area (Å²) >= 11 is 0. The van der Waals surface area contributed by atoms with E-state index in [9.17, 15) is 14.7 Å². The lowest BCUT2D eigenvalue weighted by molar-refractivity contribution is -0.136. The lowest BCUT2D eigenvalue weighted by Crippen LogP contribution is -2.32.